The molecule has 2 aromatic carbocycles. The molecule has 2 aromatic rings. The normalized spacial score (nSPS) is 25.9. The third kappa shape index (κ3) is 2.04. The fourth-order valence-electron chi connectivity index (χ4n) is 3.66. The molecular formula is C19H19NO2. The largest absolute Gasteiger partial charge is 0.376 e. The van der Waals surface area contributed by atoms with Crippen molar-refractivity contribution in [3.05, 3.63) is 60.2 Å². The second-order valence-electron chi connectivity index (χ2n) is 6.33. The van der Waals surface area contributed by atoms with E-state index in [-0.39, 0.29) is 11.5 Å². The Morgan fingerprint density at radius 1 is 1.05 bits per heavy atom. The number of amides is 1. The van der Waals surface area contributed by atoms with E-state index < -0.39 is 0 Å². The van der Waals surface area contributed by atoms with Crippen molar-refractivity contribution in [3.63, 3.8) is 0 Å². The van der Waals surface area contributed by atoms with Crippen molar-refractivity contribution in [2.75, 3.05) is 13.7 Å². The van der Waals surface area contributed by atoms with Gasteiger partial charge in [0.25, 0.3) is 5.91 Å². The summed E-state index contributed by atoms with van der Waals surface area (Å²) in [6, 6.07) is 18.5. The molecule has 0 unspecified atom stereocenters. The van der Waals surface area contributed by atoms with Gasteiger partial charge in [0.1, 0.15) is 0 Å². The first-order valence-electron chi connectivity index (χ1n) is 7.72. The molecule has 5 rings (SSSR count). The molecule has 22 heavy (non-hydrogen) atoms. The molecule has 2 aliphatic heterocycles. The van der Waals surface area contributed by atoms with Crippen LogP contribution >= 0.6 is 0 Å². The molecule has 0 atom stereocenters. The van der Waals surface area contributed by atoms with Gasteiger partial charge in [-0.3, -0.25) is 4.79 Å². The van der Waals surface area contributed by atoms with Crippen molar-refractivity contribution < 1.29 is 9.53 Å². The Morgan fingerprint density at radius 2 is 1.68 bits per heavy atom. The summed E-state index contributed by atoms with van der Waals surface area (Å²) in [5, 5.41) is 0. The van der Waals surface area contributed by atoms with Crippen LogP contribution in [0, 0.1) is 0 Å². The van der Waals surface area contributed by atoms with E-state index in [0.717, 1.165) is 30.5 Å². The Labute approximate surface area is 130 Å². The van der Waals surface area contributed by atoms with E-state index in [1.54, 1.807) is 7.11 Å². The fraction of sp³-hybridized carbons (Fsp3) is 0.316. The van der Waals surface area contributed by atoms with Gasteiger partial charge in [0.2, 0.25) is 0 Å². The van der Waals surface area contributed by atoms with Crippen LogP contribution in [-0.2, 0) is 4.74 Å². The second-order valence-corrected chi connectivity index (χ2v) is 6.33. The lowest BCUT2D eigenvalue weighted by molar-refractivity contribution is -0.0365. The van der Waals surface area contributed by atoms with Crippen LogP contribution in [0.25, 0.3) is 11.1 Å². The van der Waals surface area contributed by atoms with Crippen LogP contribution in [-0.4, -0.2) is 36.1 Å². The first kappa shape index (κ1) is 13.5. The average Bonchev–Trinajstić information content (AvgIpc) is 3.11. The monoisotopic (exact) mass is 293 g/mol. The number of methoxy groups -OCH3 is 1. The lowest BCUT2D eigenvalue weighted by Gasteiger charge is -2.35. The predicted molar refractivity (Wildman–Crippen MR) is 85.7 cm³/mol. The Hall–Kier alpha value is -2.13. The van der Waals surface area contributed by atoms with Gasteiger partial charge in [-0.05, 0) is 36.1 Å². The molecule has 1 amide bonds. The molecule has 2 saturated heterocycles. The highest BCUT2D eigenvalue weighted by molar-refractivity contribution is 5.95. The summed E-state index contributed by atoms with van der Waals surface area (Å²) >= 11 is 0. The number of rotatable bonds is 3. The lowest BCUT2D eigenvalue weighted by atomic mass is 9.81. The number of benzene rings is 2. The standard InChI is InChI=1S/C19H19NO2/c1-22-19-11-17(12-19)20(13-19)18(21)16-9-7-15(8-10-16)14-5-3-2-4-6-14/h2-10,17H,11-13H2,1H3. The van der Waals surface area contributed by atoms with Gasteiger partial charge in [-0.1, -0.05) is 42.5 Å². The number of hydrogen-bond acceptors (Lipinski definition) is 2. The molecule has 2 bridgehead atoms. The van der Waals surface area contributed by atoms with Gasteiger partial charge in [-0.25, -0.2) is 0 Å². The van der Waals surface area contributed by atoms with Gasteiger partial charge < -0.3 is 9.64 Å². The summed E-state index contributed by atoms with van der Waals surface area (Å²) in [5.41, 5.74) is 3.00. The first-order chi connectivity index (χ1) is 10.7. The zero-order valence-corrected chi connectivity index (χ0v) is 12.7. The van der Waals surface area contributed by atoms with Crippen LogP contribution in [0.1, 0.15) is 23.2 Å². The van der Waals surface area contributed by atoms with E-state index in [1.807, 2.05) is 47.4 Å². The minimum atomic E-state index is -0.0652. The van der Waals surface area contributed by atoms with E-state index in [0.29, 0.717) is 6.04 Å². The van der Waals surface area contributed by atoms with Crippen molar-refractivity contribution in [2.45, 2.75) is 24.5 Å². The van der Waals surface area contributed by atoms with E-state index in [2.05, 4.69) is 12.1 Å². The summed E-state index contributed by atoms with van der Waals surface area (Å²) in [6.45, 7) is 0.730. The van der Waals surface area contributed by atoms with Crippen molar-refractivity contribution in [1.29, 1.82) is 0 Å². The number of fused-ring (bicyclic) bond motifs is 1. The molecule has 1 saturated carbocycles. The third-order valence-corrected chi connectivity index (χ3v) is 5.05. The highest BCUT2D eigenvalue weighted by Crippen LogP contribution is 2.47. The van der Waals surface area contributed by atoms with E-state index in [1.165, 1.54) is 5.56 Å². The highest BCUT2D eigenvalue weighted by atomic mass is 16.5. The summed E-state index contributed by atoms with van der Waals surface area (Å²) in [6.07, 6.45) is 1.97. The number of carbonyl (C=O) groups excluding carboxylic acids is 1. The Bertz CT molecular complexity index is 687. The molecule has 3 fully saturated rings. The summed E-state index contributed by atoms with van der Waals surface area (Å²) in [7, 11) is 1.75. The van der Waals surface area contributed by atoms with Gasteiger partial charge in [0, 0.05) is 18.7 Å². The van der Waals surface area contributed by atoms with Gasteiger partial charge in [0.15, 0.2) is 0 Å². The number of nitrogens with zero attached hydrogens (tertiary/aromatic N) is 1. The third-order valence-electron chi connectivity index (χ3n) is 5.05. The average molecular weight is 293 g/mol. The predicted octanol–water partition coefficient (Wildman–Crippen LogP) is 3.36. The second kappa shape index (κ2) is 4.96. The maximum Gasteiger partial charge on any atom is 0.254 e. The zero-order valence-electron chi connectivity index (χ0n) is 12.7. The molecule has 0 radical (unpaired) electrons. The summed E-state index contributed by atoms with van der Waals surface area (Å²) < 4.78 is 5.56. The molecule has 112 valence electrons. The van der Waals surface area contributed by atoms with Crippen molar-refractivity contribution in [2.24, 2.45) is 0 Å². The van der Waals surface area contributed by atoms with Crippen LogP contribution in [0.3, 0.4) is 0 Å². The highest BCUT2D eigenvalue weighted by Gasteiger charge is 2.57. The molecule has 2 heterocycles. The topological polar surface area (TPSA) is 29.5 Å². The number of carbonyl (C=O) groups is 1. The van der Waals surface area contributed by atoms with Crippen molar-refractivity contribution in [1.82, 2.24) is 4.90 Å². The molecule has 0 N–H and O–H groups in total. The van der Waals surface area contributed by atoms with Crippen LogP contribution in [0.4, 0.5) is 0 Å². The Balaban J connectivity index is 1.53. The molecular weight excluding hydrogens is 274 g/mol. The quantitative estimate of drug-likeness (QED) is 0.868. The van der Waals surface area contributed by atoms with Crippen LogP contribution in [0.2, 0.25) is 0 Å². The van der Waals surface area contributed by atoms with Crippen LogP contribution < -0.4 is 0 Å². The van der Waals surface area contributed by atoms with Crippen molar-refractivity contribution >= 4 is 5.91 Å². The number of hydrogen-bond donors (Lipinski definition) is 0. The molecule has 1 aliphatic carbocycles. The minimum Gasteiger partial charge on any atom is -0.376 e. The lowest BCUT2D eigenvalue weighted by Crippen LogP contribution is -2.42. The Kier molecular flexibility index (Phi) is 3.05. The molecule has 3 nitrogen and oxygen atoms in total. The summed E-state index contributed by atoms with van der Waals surface area (Å²) in [4.78, 5) is 14.6. The van der Waals surface area contributed by atoms with Gasteiger partial charge in [0.05, 0.1) is 12.1 Å². The number of ether oxygens (including phenoxy) is 1. The maximum atomic E-state index is 12.7. The van der Waals surface area contributed by atoms with Crippen molar-refractivity contribution in [3.8, 4) is 11.1 Å². The Morgan fingerprint density at radius 3 is 2.27 bits per heavy atom. The molecule has 3 heteroatoms. The zero-order chi connectivity index (χ0) is 15.2. The maximum absolute atomic E-state index is 12.7. The van der Waals surface area contributed by atoms with Gasteiger partial charge in [-0.2, -0.15) is 0 Å². The van der Waals surface area contributed by atoms with Gasteiger partial charge in [-0.15, -0.1) is 0 Å². The fourth-order valence-corrected chi connectivity index (χ4v) is 3.66. The minimum absolute atomic E-state index is 0.0652. The molecule has 0 aromatic heterocycles. The smallest absolute Gasteiger partial charge is 0.254 e. The first-order valence-corrected chi connectivity index (χ1v) is 7.72. The van der Waals surface area contributed by atoms with E-state index in [9.17, 15) is 4.79 Å². The van der Waals surface area contributed by atoms with E-state index >= 15 is 0 Å². The SMILES string of the molecule is COC12CC(C1)N(C(=O)c1ccc(-c3ccccc3)cc1)C2. The van der Waals surface area contributed by atoms with Gasteiger partial charge >= 0.3 is 0 Å². The molecule has 0 spiro atoms. The summed E-state index contributed by atoms with van der Waals surface area (Å²) in [5.74, 6) is 0.126. The van der Waals surface area contributed by atoms with Crippen LogP contribution in [0.15, 0.2) is 54.6 Å². The molecule has 3 aliphatic rings. The van der Waals surface area contributed by atoms with E-state index in [4.69, 9.17) is 4.74 Å². The van der Waals surface area contributed by atoms with Crippen LogP contribution in [0.5, 0.6) is 0 Å².